The van der Waals surface area contributed by atoms with Crippen molar-refractivity contribution in [2.45, 2.75) is 52.0 Å². The van der Waals surface area contributed by atoms with Crippen LogP contribution < -0.4 is 5.32 Å². The lowest BCUT2D eigenvalue weighted by Gasteiger charge is -2.05. The van der Waals surface area contributed by atoms with Crippen LogP contribution in [0.1, 0.15) is 51.0 Å². The van der Waals surface area contributed by atoms with Crippen LogP contribution in [-0.2, 0) is 11.3 Å². The summed E-state index contributed by atoms with van der Waals surface area (Å²) in [5.41, 5.74) is 1.19. The molecule has 104 valence electrons. The van der Waals surface area contributed by atoms with E-state index in [1.165, 1.54) is 44.1 Å². The Morgan fingerprint density at radius 1 is 1.11 bits per heavy atom. The second-order valence-corrected chi connectivity index (χ2v) is 4.69. The van der Waals surface area contributed by atoms with E-state index >= 15 is 0 Å². The van der Waals surface area contributed by atoms with Crippen LogP contribution in [0.3, 0.4) is 0 Å². The standard InChI is InChI=1S/C15H27NO2/c1-2-3-4-5-6-7-10-17-12-9-16-13-15-8-11-18-14-15/h8,11,14,16H,2-7,9-10,12-13H2,1H3. The fourth-order valence-corrected chi connectivity index (χ4v) is 1.86. The topological polar surface area (TPSA) is 34.4 Å². The molecule has 0 aliphatic rings. The Balaban J connectivity index is 1.73. The summed E-state index contributed by atoms with van der Waals surface area (Å²) >= 11 is 0. The van der Waals surface area contributed by atoms with Gasteiger partial charge < -0.3 is 14.5 Å². The Morgan fingerprint density at radius 2 is 1.94 bits per heavy atom. The summed E-state index contributed by atoms with van der Waals surface area (Å²) in [6.07, 6.45) is 11.4. The Hall–Kier alpha value is -0.800. The molecule has 0 saturated heterocycles. The van der Waals surface area contributed by atoms with Crippen LogP contribution in [0, 0.1) is 0 Å². The van der Waals surface area contributed by atoms with Gasteiger partial charge in [0.25, 0.3) is 0 Å². The van der Waals surface area contributed by atoms with Gasteiger partial charge in [-0.2, -0.15) is 0 Å². The van der Waals surface area contributed by atoms with Crippen LogP contribution >= 0.6 is 0 Å². The average Bonchev–Trinajstić information content (AvgIpc) is 2.89. The fraction of sp³-hybridized carbons (Fsp3) is 0.733. The van der Waals surface area contributed by atoms with Crippen LogP contribution in [0.15, 0.2) is 23.0 Å². The summed E-state index contributed by atoms with van der Waals surface area (Å²) in [4.78, 5) is 0. The molecule has 0 aromatic carbocycles. The van der Waals surface area contributed by atoms with E-state index in [1.807, 2.05) is 6.07 Å². The summed E-state index contributed by atoms with van der Waals surface area (Å²) in [6, 6.07) is 1.98. The van der Waals surface area contributed by atoms with Crippen molar-refractivity contribution in [1.82, 2.24) is 5.32 Å². The lowest BCUT2D eigenvalue weighted by Crippen LogP contribution is -2.19. The highest BCUT2D eigenvalue weighted by Crippen LogP contribution is 2.04. The lowest BCUT2D eigenvalue weighted by atomic mass is 10.1. The van der Waals surface area contributed by atoms with Gasteiger partial charge in [0.05, 0.1) is 19.1 Å². The second kappa shape index (κ2) is 11.3. The van der Waals surface area contributed by atoms with E-state index < -0.39 is 0 Å². The van der Waals surface area contributed by atoms with Gasteiger partial charge in [0.15, 0.2) is 0 Å². The second-order valence-electron chi connectivity index (χ2n) is 4.69. The molecule has 0 spiro atoms. The van der Waals surface area contributed by atoms with Crippen molar-refractivity contribution in [2.24, 2.45) is 0 Å². The third kappa shape index (κ3) is 8.31. The third-order valence-corrected chi connectivity index (χ3v) is 2.97. The SMILES string of the molecule is CCCCCCCCOCCNCc1ccoc1. The largest absolute Gasteiger partial charge is 0.472 e. The molecule has 1 N–H and O–H groups in total. The molecule has 0 bridgehead atoms. The van der Waals surface area contributed by atoms with E-state index in [0.29, 0.717) is 0 Å². The number of ether oxygens (including phenoxy) is 1. The van der Waals surface area contributed by atoms with E-state index in [2.05, 4.69) is 12.2 Å². The molecule has 0 aliphatic heterocycles. The fourth-order valence-electron chi connectivity index (χ4n) is 1.86. The van der Waals surface area contributed by atoms with Gasteiger partial charge in [-0.1, -0.05) is 39.0 Å². The number of rotatable bonds is 12. The highest BCUT2D eigenvalue weighted by molar-refractivity contribution is 5.04. The Kier molecular flexibility index (Phi) is 9.58. The Bertz CT molecular complexity index is 259. The van der Waals surface area contributed by atoms with E-state index in [0.717, 1.165) is 26.3 Å². The molecular formula is C15H27NO2. The summed E-state index contributed by atoms with van der Waals surface area (Å²) in [7, 11) is 0. The molecule has 1 aromatic heterocycles. The van der Waals surface area contributed by atoms with Crippen molar-refractivity contribution in [3.05, 3.63) is 24.2 Å². The number of furan rings is 1. The third-order valence-electron chi connectivity index (χ3n) is 2.97. The predicted octanol–water partition coefficient (Wildman–Crippen LogP) is 3.75. The zero-order chi connectivity index (χ0) is 12.9. The monoisotopic (exact) mass is 253 g/mol. The lowest BCUT2D eigenvalue weighted by molar-refractivity contribution is 0.131. The first-order chi connectivity index (χ1) is 8.93. The molecule has 1 heterocycles. The smallest absolute Gasteiger partial charge is 0.0947 e. The molecular weight excluding hydrogens is 226 g/mol. The van der Waals surface area contributed by atoms with E-state index in [-0.39, 0.29) is 0 Å². The van der Waals surface area contributed by atoms with E-state index in [9.17, 15) is 0 Å². The molecule has 0 radical (unpaired) electrons. The Labute approximate surface area is 111 Å². The highest BCUT2D eigenvalue weighted by Gasteiger charge is 1.94. The molecule has 0 saturated carbocycles. The maximum Gasteiger partial charge on any atom is 0.0947 e. The number of unbranched alkanes of at least 4 members (excludes halogenated alkanes) is 5. The first-order valence-electron chi connectivity index (χ1n) is 7.23. The molecule has 3 heteroatoms. The van der Waals surface area contributed by atoms with E-state index in [1.54, 1.807) is 12.5 Å². The van der Waals surface area contributed by atoms with Gasteiger partial charge in [-0.05, 0) is 12.5 Å². The molecule has 0 atom stereocenters. The van der Waals surface area contributed by atoms with E-state index in [4.69, 9.17) is 9.15 Å². The molecule has 0 unspecified atom stereocenters. The van der Waals surface area contributed by atoms with Crippen LogP contribution in [0.25, 0.3) is 0 Å². The van der Waals surface area contributed by atoms with Crippen LogP contribution in [0.2, 0.25) is 0 Å². The predicted molar refractivity (Wildman–Crippen MR) is 74.6 cm³/mol. The van der Waals surface area contributed by atoms with Gasteiger partial charge >= 0.3 is 0 Å². The Morgan fingerprint density at radius 3 is 2.72 bits per heavy atom. The van der Waals surface area contributed by atoms with Crippen molar-refractivity contribution in [1.29, 1.82) is 0 Å². The maximum atomic E-state index is 5.57. The quantitative estimate of drug-likeness (QED) is 0.576. The minimum absolute atomic E-state index is 0.798. The summed E-state index contributed by atoms with van der Waals surface area (Å²) in [6.45, 7) is 5.71. The molecule has 0 aliphatic carbocycles. The highest BCUT2D eigenvalue weighted by atomic mass is 16.5. The molecule has 18 heavy (non-hydrogen) atoms. The van der Waals surface area contributed by atoms with Crippen LogP contribution in [0.4, 0.5) is 0 Å². The molecule has 0 amide bonds. The van der Waals surface area contributed by atoms with Crippen molar-refractivity contribution in [3.8, 4) is 0 Å². The minimum atomic E-state index is 0.798. The van der Waals surface area contributed by atoms with Gasteiger partial charge in [0.1, 0.15) is 0 Å². The van der Waals surface area contributed by atoms with Crippen molar-refractivity contribution in [3.63, 3.8) is 0 Å². The average molecular weight is 253 g/mol. The number of hydrogen-bond acceptors (Lipinski definition) is 3. The van der Waals surface area contributed by atoms with Gasteiger partial charge in [-0.25, -0.2) is 0 Å². The maximum absolute atomic E-state index is 5.57. The number of nitrogens with one attached hydrogen (secondary N) is 1. The molecule has 1 aromatic rings. The van der Waals surface area contributed by atoms with Gasteiger partial charge in [0.2, 0.25) is 0 Å². The molecule has 1 rings (SSSR count). The van der Waals surface area contributed by atoms with Gasteiger partial charge in [-0.3, -0.25) is 0 Å². The first kappa shape index (κ1) is 15.3. The normalized spacial score (nSPS) is 10.9. The first-order valence-corrected chi connectivity index (χ1v) is 7.23. The zero-order valence-corrected chi connectivity index (χ0v) is 11.6. The van der Waals surface area contributed by atoms with Gasteiger partial charge in [0, 0.05) is 25.3 Å². The van der Waals surface area contributed by atoms with Gasteiger partial charge in [-0.15, -0.1) is 0 Å². The zero-order valence-electron chi connectivity index (χ0n) is 11.6. The van der Waals surface area contributed by atoms with Crippen molar-refractivity contribution in [2.75, 3.05) is 19.8 Å². The number of hydrogen-bond donors (Lipinski definition) is 1. The summed E-state index contributed by atoms with van der Waals surface area (Å²) < 4.78 is 10.6. The summed E-state index contributed by atoms with van der Waals surface area (Å²) in [5, 5.41) is 3.32. The van der Waals surface area contributed by atoms with Crippen molar-refractivity contribution < 1.29 is 9.15 Å². The molecule has 0 fully saturated rings. The summed E-state index contributed by atoms with van der Waals surface area (Å²) in [5.74, 6) is 0. The van der Waals surface area contributed by atoms with Crippen molar-refractivity contribution >= 4 is 0 Å². The minimum Gasteiger partial charge on any atom is -0.472 e. The molecule has 3 nitrogen and oxygen atoms in total. The van der Waals surface area contributed by atoms with Crippen LogP contribution in [-0.4, -0.2) is 19.8 Å². The van der Waals surface area contributed by atoms with Crippen LogP contribution in [0.5, 0.6) is 0 Å².